The molecule has 0 aliphatic carbocycles. The van der Waals surface area contributed by atoms with E-state index in [-0.39, 0.29) is 5.96 Å². The third-order valence-electron chi connectivity index (χ3n) is 3.40. The van der Waals surface area contributed by atoms with Crippen molar-refractivity contribution in [3.05, 3.63) is 24.0 Å². The number of nitrogens with one attached hydrogen (secondary N) is 2. The smallest absolute Gasteiger partial charge is 0.190 e. The van der Waals surface area contributed by atoms with Crippen LogP contribution >= 0.6 is 0 Å². The van der Waals surface area contributed by atoms with Crippen LogP contribution in [0.3, 0.4) is 0 Å². The Morgan fingerprint density at radius 2 is 2.00 bits per heavy atom. The normalized spacial score (nSPS) is 17.3. The molecule has 19 heavy (non-hydrogen) atoms. The van der Waals surface area contributed by atoms with Crippen LogP contribution in [0.4, 0.5) is 5.69 Å². The molecule has 104 valence electrons. The first-order valence-corrected chi connectivity index (χ1v) is 6.68. The Labute approximate surface area is 114 Å². The van der Waals surface area contributed by atoms with Gasteiger partial charge in [-0.2, -0.15) is 0 Å². The molecule has 1 aliphatic rings. The lowest BCUT2D eigenvalue weighted by Crippen LogP contribution is -2.45. The zero-order valence-electron chi connectivity index (χ0n) is 11.4. The fraction of sp³-hybridized carbons (Fsp3) is 0.538. The molecule has 1 fully saturated rings. The van der Waals surface area contributed by atoms with E-state index in [4.69, 9.17) is 11.1 Å². The molecule has 6 heteroatoms. The van der Waals surface area contributed by atoms with E-state index in [0.29, 0.717) is 0 Å². The summed E-state index contributed by atoms with van der Waals surface area (Å²) in [4.78, 5) is 9.28. The molecule has 0 amide bonds. The quantitative estimate of drug-likeness (QED) is 0.544. The highest BCUT2D eigenvalue weighted by molar-refractivity contribution is 5.89. The van der Waals surface area contributed by atoms with Gasteiger partial charge in [-0.15, -0.1) is 0 Å². The lowest BCUT2D eigenvalue weighted by atomic mass is 10.2. The van der Waals surface area contributed by atoms with E-state index in [9.17, 15) is 0 Å². The number of piperazine rings is 1. The Bertz CT molecular complexity index is 408. The zero-order valence-corrected chi connectivity index (χ0v) is 11.4. The van der Waals surface area contributed by atoms with Crippen molar-refractivity contribution < 1.29 is 0 Å². The largest absolute Gasteiger partial charge is 0.370 e. The summed E-state index contributed by atoms with van der Waals surface area (Å²) in [5.41, 5.74) is 7.08. The number of pyridine rings is 1. The van der Waals surface area contributed by atoms with Crippen molar-refractivity contribution in [3.63, 3.8) is 0 Å². The molecular formula is C13H22N6. The second kappa shape index (κ2) is 6.49. The summed E-state index contributed by atoms with van der Waals surface area (Å²) in [5, 5.41) is 9.88. The highest BCUT2D eigenvalue weighted by atomic mass is 15.3. The van der Waals surface area contributed by atoms with Crippen molar-refractivity contribution in [2.75, 3.05) is 38.0 Å². The maximum Gasteiger partial charge on any atom is 0.190 e. The maximum atomic E-state index is 7.15. The molecule has 0 bridgehead atoms. The van der Waals surface area contributed by atoms with Crippen LogP contribution in [-0.4, -0.2) is 53.5 Å². The lowest BCUT2D eigenvalue weighted by Gasteiger charge is -2.33. The highest BCUT2D eigenvalue weighted by Crippen LogP contribution is 2.09. The van der Waals surface area contributed by atoms with Crippen molar-refractivity contribution in [3.8, 4) is 0 Å². The molecule has 0 aromatic carbocycles. The summed E-state index contributed by atoms with van der Waals surface area (Å²) in [7, 11) is 0. The van der Waals surface area contributed by atoms with Gasteiger partial charge < -0.3 is 16.0 Å². The van der Waals surface area contributed by atoms with Gasteiger partial charge in [0, 0.05) is 32.7 Å². The highest BCUT2D eigenvalue weighted by Gasteiger charge is 2.15. The van der Waals surface area contributed by atoms with E-state index in [1.165, 1.54) is 0 Å². The van der Waals surface area contributed by atoms with Crippen LogP contribution in [0.5, 0.6) is 0 Å². The third-order valence-corrected chi connectivity index (χ3v) is 3.40. The standard InChI is InChI=1S/C13H22N6/c1-2-18-5-7-19(8-6-18)10-12-4-3-11(9-16-12)17-13(14)15/h3-4,9H,2,5-8,10H2,1H3,(H4,14,15,17). The van der Waals surface area contributed by atoms with E-state index < -0.39 is 0 Å². The van der Waals surface area contributed by atoms with Crippen LogP contribution in [-0.2, 0) is 6.54 Å². The van der Waals surface area contributed by atoms with Crippen LogP contribution < -0.4 is 11.1 Å². The van der Waals surface area contributed by atoms with Crippen molar-refractivity contribution >= 4 is 11.6 Å². The second-order valence-corrected chi connectivity index (χ2v) is 4.79. The van der Waals surface area contributed by atoms with E-state index in [2.05, 4.69) is 27.0 Å². The molecule has 0 spiro atoms. The lowest BCUT2D eigenvalue weighted by molar-refractivity contribution is 0.131. The van der Waals surface area contributed by atoms with E-state index >= 15 is 0 Å². The Hall–Kier alpha value is -1.66. The minimum absolute atomic E-state index is 0.0646. The summed E-state index contributed by atoms with van der Waals surface area (Å²) in [5.74, 6) is -0.0646. The zero-order chi connectivity index (χ0) is 13.7. The van der Waals surface area contributed by atoms with Gasteiger partial charge in [0.05, 0.1) is 17.6 Å². The maximum absolute atomic E-state index is 7.15. The summed E-state index contributed by atoms with van der Waals surface area (Å²) in [6.07, 6.45) is 1.72. The summed E-state index contributed by atoms with van der Waals surface area (Å²) >= 11 is 0. The molecule has 4 N–H and O–H groups in total. The number of nitrogens with zero attached hydrogens (tertiary/aromatic N) is 3. The number of nitrogens with two attached hydrogens (primary N) is 1. The van der Waals surface area contributed by atoms with Gasteiger partial charge in [0.1, 0.15) is 0 Å². The van der Waals surface area contributed by atoms with Gasteiger partial charge in [-0.1, -0.05) is 6.92 Å². The molecular weight excluding hydrogens is 240 g/mol. The molecule has 0 radical (unpaired) electrons. The Balaban J connectivity index is 1.84. The Morgan fingerprint density at radius 1 is 1.32 bits per heavy atom. The van der Waals surface area contributed by atoms with Crippen molar-refractivity contribution in [2.45, 2.75) is 13.5 Å². The van der Waals surface area contributed by atoms with Gasteiger partial charge in [0.25, 0.3) is 0 Å². The first-order chi connectivity index (χ1) is 9.17. The number of guanidine groups is 1. The molecule has 2 heterocycles. The third kappa shape index (κ3) is 4.18. The van der Waals surface area contributed by atoms with Gasteiger partial charge in [0.2, 0.25) is 0 Å². The minimum Gasteiger partial charge on any atom is -0.370 e. The monoisotopic (exact) mass is 262 g/mol. The summed E-state index contributed by atoms with van der Waals surface area (Å²) in [6, 6.07) is 3.89. The van der Waals surface area contributed by atoms with Crippen molar-refractivity contribution in [1.29, 1.82) is 5.41 Å². The first kappa shape index (κ1) is 13.8. The second-order valence-electron chi connectivity index (χ2n) is 4.79. The number of rotatable bonds is 4. The number of likely N-dealkylation sites (N-methyl/N-ethyl adjacent to an activating group) is 1. The fourth-order valence-electron chi connectivity index (χ4n) is 2.24. The van der Waals surface area contributed by atoms with Crippen LogP contribution in [0.25, 0.3) is 0 Å². The summed E-state index contributed by atoms with van der Waals surface area (Å²) < 4.78 is 0. The van der Waals surface area contributed by atoms with Crippen molar-refractivity contribution in [2.24, 2.45) is 5.73 Å². The van der Waals surface area contributed by atoms with E-state index in [1.54, 1.807) is 6.20 Å². The fourth-order valence-corrected chi connectivity index (χ4v) is 2.24. The molecule has 2 rings (SSSR count). The molecule has 0 saturated carbocycles. The molecule has 0 unspecified atom stereocenters. The predicted octanol–water partition coefficient (Wildman–Crippen LogP) is 0.524. The van der Waals surface area contributed by atoms with E-state index in [0.717, 1.165) is 50.6 Å². The number of hydrogen-bond donors (Lipinski definition) is 3. The molecule has 6 nitrogen and oxygen atoms in total. The van der Waals surface area contributed by atoms with Crippen molar-refractivity contribution in [1.82, 2.24) is 14.8 Å². The van der Waals surface area contributed by atoms with Gasteiger partial charge in [-0.3, -0.25) is 15.3 Å². The van der Waals surface area contributed by atoms with Crippen LogP contribution in [0.1, 0.15) is 12.6 Å². The molecule has 0 atom stereocenters. The first-order valence-electron chi connectivity index (χ1n) is 6.68. The van der Waals surface area contributed by atoms with Crippen LogP contribution in [0.15, 0.2) is 18.3 Å². The van der Waals surface area contributed by atoms with Gasteiger partial charge in [-0.25, -0.2) is 0 Å². The van der Waals surface area contributed by atoms with Gasteiger partial charge >= 0.3 is 0 Å². The predicted molar refractivity (Wildman–Crippen MR) is 77.2 cm³/mol. The molecule has 1 aromatic heterocycles. The number of aromatic nitrogens is 1. The van der Waals surface area contributed by atoms with E-state index in [1.807, 2.05) is 12.1 Å². The minimum atomic E-state index is -0.0646. The SMILES string of the molecule is CCN1CCN(Cc2ccc(NC(=N)N)cn2)CC1. The topological polar surface area (TPSA) is 81.3 Å². The molecule has 1 saturated heterocycles. The number of anilines is 1. The average molecular weight is 262 g/mol. The molecule has 1 aromatic rings. The van der Waals surface area contributed by atoms with Crippen LogP contribution in [0.2, 0.25) is 0 Å². The average Bonchev–Trinajstić information content (AvgIpc) is 2.41. The Morgan fingerprint density at radius 3 is 2.53 bits per heavy atom. The molecule has 1 aliphatic heterocycles. The number of hydrogen-bond acceptors (Lipinski definition) is 4. The summed E-state index contributed by atoms with van der Waals surface area (Å²) in [6.45, 7) is 8.71. The van der Waals surface area contributed by atoms with Crippen LogP contribution in [0, 0.1) is 5.41 Å². The van der Waals surface area contributed by atoms with Gasteiger partial charge in [-0.05, 0) is 18.7 Å². The van der Waals surface area contributed by atoms with Gasteiger partial charge in [0.15, 0.2) is 5.96 Å². The Kier molecular flexibility index (Phi) is 4.70.